The van der Waals surface area contributed by atoms with Gasteiger partial charge in [0.05, 0.1) is 4.92 Å². The van der Waals surface area contributed by atoms with Crippen LogP contribution in [0.3, 0.4) is 0 Å². The van der Waals surface area contributed by atoms with Crippen LogP contribution < -0.4 is 5.32 Å². The summed E-state index contributed by atoms with van der Waals surface area (Å²) < 4.78 is 0. The molecular formula is C24H27N3O4. The third-order valence-electron chi connectivity index (χ3n) is 5.43. The first-order valence-corrected chi connectivity index (χ1v) is 10.4. The molecule has 0 bridgehead atoms. The summed E-state index contributed by atoms with van der Waals surface area (Å²) in [5.41, 5.74) is 2.67. The molecule has 1 fully saturated rings. The minimum absolute atomic E-state index is 0.00352. The number of benzene rings is 2. The molecule has 2 amide bonds. The highest BCUT2D eigenvalue weighted by Crippen LogP contribution is 2.24. The Morgan fingerprint density at radius 3 is 2.35 bits per heavy atom. The fraction of sp³-hybridized carbons (Fsp3) is 0.333. The van der Waals surface area contributed by atoms with Crippen molar-refractivity contribution in [2.24, 2.45) is 11.8 Å². The molecular weight excluding hydrogens is 394 g/mol. The number of carbonyl (C=O) groups excluding carboxylic acids is 2. The zero-order valence-corrected chi connectivity index (χ0v) is 18.0. The van der Waals surface area contributed by atoms with Crippen molar-refractivity contribution < 1.29 is 14.5 Å². The van der Waals surface area contributed by atoms with Gasteiger partial charge in [0.15, 0.2) is 0 Å². The Kier molecular flexibility index (Phi) is 6.84. The van der Waals surface area contributed by atoms with Crippen LogP contribution in [0.4, 0.5) is 11.4 Å². The molecule has 1 heterocycles. The second kappa shape index (κ2) is 9.55. The molecule has 1 N–H and O–H groups in total. The number of anilines is 1. The summed E-state index contributed by atoms with van der Waals surface area (Å²) in [7, 11) is 0. The number of hydrogen-bond acceptors (Lipinski definition) is 4. The van der Waals surface area contributed by atoms with Crippen molar-refractivity contribution in [1.82, 2.24) is 4.90 Å². The van der Waals surface area contributed by atoms with E-state index >= 15 is 0 Å². The van der Waals surface area contributed by atoms with E-state index in [1.54, 1.807) is 30.3 Å². The molecule has 2 atom stereocenters. The predicted molar refractivity (Wildman–Crippen MR) is 121 cm³/mol. The zero-order valence-electron chi connectivity index (χ0n) is 18.0. The first kappa shape index (κ1) is 22.2. The van der Waals surface area contributed by atoms with Crippen molar-refractivity contribution in [3.05, 3.63) is 75.3 Å². The van der Waals surface area contributed by atoms with Crippen LogP contribution in [0.25, 0.3) is 6.08 Å². The minimum Gasteiger partial charge on any atom is -0.338 e. The van der Waals surface area contributed by atoms with E-state index in [9.17, 15) is 19.7 Å². The second-order valence-electron chi connectivity index (χ2n) is 8.36. The number of nitrogens with zero attached hydrogens (tertiary/aromatic N) is 2. The Labute approximate surface area is 181 Å². The monoisotopic (exact) mass is 421 g/mol. The number of hydrogen-bond donors (Lipinski definition) is 1. The van der Waals surface area contributed by atoms with E-state index in [1.165, 1.54) is 18.2 Å². The summed E-state index contributed by atoms with van der Waals surface area (Å²) in [5.74, 6) is 0.588. The normalized spacial score (nSPS) is 18.7. The van der Waals surface area contributed by atoms with Gasteiger partial charge in [-0.25, -0.2) is 0 Å². The lowest BCUT2D eigenvalue weighted by molar-refractivity contribution is -0.384. The lowest BCUT2D eigenvalue weighted by atomic mass is 9.91. The molecule has 2 aromatic carbocycles. The molecule has 1 aliphatic rings. The van der Waals surface area contributed by atoms with E-state index in [0.29, 0.717) is 28.7 Å². The van der Waals surface area contributed by atoms with Crippen LogP contribution in [0.2, 0.25) is 0 Å². The van der Waals surface area contributed by atoms with Crippen molar-refractivity contribution >= 4 is 29.3 Å². The smallest absolute Gasteiger partial charge is 0.269 e. The van der Waals surface area contributed by atoms with Gasteiger partial charge in [-0.2, -0.15) is 0 Å². The molecule has 3 rings (SSSR count). The number of likely N-dealkylation sites (tertiary alicyclic amines) is 1. The highest BCUT2D eigenvalue weighted by molar-refractivity contribution is 6.03. The van der Waals surface area contributed by atoms with Crippen molar-refractivity contribution in [3.8, 4) is 0 Å². The maximum absolute atomic E-state index is 13.0. The van der Waals surface area contributed by atoms with Gasteiger partial charge < -0.3 is 10.2 Å². The van der Waals surface area contributed by atoms with Gasteiger partial charge in [0.2, 0.25) is 5.91 Å². The molecule has 0 aliphatic carbocycles. The lowest BCUT2D eigenvalue weighted by Gasteiger charge is -2.35. The number of nitrogens with one attached hydrogen (secondary N) is 1. The van der Waals surface area contributed by atoms with Crippen LogP contribution in [0.5, 0.6) is 0 Å². The Hall–Kier alpha value is -3.48. The van der Waals surface area contributed by atoms with Gasteiger partial charge in [-0.05, 0) is 66.6 Å². The maximum Gasteiger partial charge on any atom is 0.269 e. The van der Waals surface area contributed by atoms with Gasteiger partial charge in [-0.3, -0.25) is 19.7 Å². The molecule has 162 valence electrons. The average molecular weight is 421 g/mol. The maximum atomic E-state index is 13.0. The number of nitro groups is 1. The van der Waals surface area contributed by atoms with Crippen molar-refractivity contribution in [2.75, 3.05) is 18.4 Å². The fourth-order valence-corrected chi connectivity index (χ4v) is 3.95. The summed E-state index contributed by atoms with van der Waals surface area (Å²) in [6.07, 6.45) is 4.07. The molecule has 2 aromatic rings. The summed E-state index contributed by atoms with van der Waals surface area (Å²) in [4.78, 5) is 37.5. The Morgan fingerprint density at radius 2 is 1.74 bits per heavy atom. The molecule has 31 heavy (non-hydrogen) atoms. The van der Waals surface area contributed by atoms with Gasteiger partial charge in [-0.15, -0.1) is 0 Å². The molecule has 7 nitrogen and oxygen atoms in total. The molecule has 0 saturated carbocycles. The number of rotatable bonds is 5. The van der Waals surface area contributed by atoms with Crippen LogP contribution >= 0.6 is 0 Å². The van der Waals surface area contributed by atoms with Crippen LogP contribution in [-0.4, -0.2) is 34.7 Å². The van der Waals surface area contributed by atoms with Crippen molar-refractivity contribution in [2.45, 2.75) is 27.2 Å². The molecule has 7 heteroatoms. The SMILES string of the molecule is Cc1ccc(C(=O)N2CC(C)CC(C)C2)cc1NC(=O)C=Cc1ccc([N+](=O)[O-])cc1. The summed E-state index contributed by atoms with van der Waals surface area (Å²) in [6.45, 7) is 7.68. The molecule has 1 aliphatic heterocycles. The largest absolute Gasteiger partial charge is 0.338 e. The highest BCUT2D eigenvalue weighted by Gasteiger charge is 2.26. The number of carbonyl (C=O) groups is 2. The van der Waals surface area contributed by atoms with E-state index in [2.05, 4.69) is 19.2 Å². The van der Waals surface area contributed by atoms with Crippen molar-refractivity contribution in [3.63, 3.8) is 0 Å². The van der Waals surface area contributed by atoms with Crippen LogP contribution in [-0.2, 0) is 4.79 Å². The van der Waals surface area contributed by atoms with Gasteiger partial charge in [-0.1, -0.05) is 19.9 Å². The van der Waals surface area contributed by atoms with Gasteiger partial charge >= 0.3 is 0 Å². The Bertz CT molecular complexity index is 1000. The van der Waals surface area contributed by atoms with Gasteiger partial charge in [0.25, 0.3) is 11.6 Å². The predicted octanol–water partition coefficient (Wildman–Crippen LogP) is 4.67. The molecule has 0 spiro atoms. The number of amides is 2. The van der Waals surface area contributed by atoms with Gasteiger partial charge in [0.1, 0.15) is 0 Å². The van der Waals surface area contributed by atoms with E-state index in [0.717, 1.165) is 25.1 Å². The number of aryl methyl sites for hydroxylation is 1. The Morgan fingerprint density at radius 1 is 1.10 bits per heavy atom. The molecule has 2 unspecified atom stereocenters. The third-order valence-corrected chi connectivity index (χ3v) is 5.43. The summed E-state index contributed by atoms with van der Waals surface area (Å²) >= 11 is 0. The van der Waals surface area contributed by atoms with Crippen LogP contribution in [0.1, 0.15) is 41.8 Å². The molecule has 1 saturated heterocycles. The number of nitro benzene ring substituents is 1. The third kappa shape index (κ3) is 5.78. The second-order valence-corrected chi connectivity index (χ2v) is 8.36. The van der Waals surface area contributed by atoms with Gasteiger partial charge in [0, 0.05) is 42.5 Å². The summed E-state index contributed by atoms with van der Waals surface area (Å²) in [5, 5.41) is 13.5. The number of piperidine rings is 1. The fourth-order valence-electron chi connectivity index (χ4n) is 3.95. The standard InChI is InChI=1S/C24H27N3O4/c1-16-12-17(2)15-26(14-16)24(29)20-8-4-18(3)22(13-20)25-23(28)11-7-19-5-9-21(10-6-19)27(30)31/h4-11,13,16-17H,12,14-15H2,1-3H3,(H,25,28). The zero-order chi connectivity index (χ0) is 22.5. The van der Waals surface area contributed by atoms with Crippen LogP contribution in [0, 0.1) is 28.9 Å². The topological polar surface area (TPSA) is 92.6 Å². The first-order chi connectivity index (χ1) is 14.7. The lowest BCUT2D eigenvalue weighted by Crippen LogP contribution is -2.42. The van der Waals surface area contributed by atoms with Crippen LogP contribution in [0.15, 0.2) is 48.5 Å². The summed E-state index contributed by atoms with van der Waals surface area (Å²) in [6, 6.07) is 11.3. The van der Waals surface area contributed by atoms with E-state index in [1.807, 2.05) is 17.9 Å². The molecule has 0 aromatic heterocycles. The Balaban J connectivity index is 1.69. The quantitative estimate of drug-likeness (QED) is 0.431. The molecule has 0 radical (unpaired) electrons. The van der Waals surface area contributed by atoms with E-state index in [-0.39, 0.29) is 17.5 Å². The van der Waals surface area contributed by atoms with E-state index < -0.39 is 4.92 Å². The average Bonchev–Trinajstić information content (AvgIpc) is 2.73. The minimum atomic E-state index is -0.470. The van der Waals surface area contributed by atoms with E-state index in [4.69, 9.17) is 0 Å². The highest BCUT2D eigenvalue weighted by atomic mass is 16.6. The first-order valence-electron chi connectivity index (χ1n) is 10.4. The van der Waals surface area contributed by atoms with Crippen molar-refractivity contribution in [1.29, 1.82) is 0 Å². The number of non-ortho nitro benzene ring substituents is 1.